The van der Waals surface area contributed by atoms with Gasteiger partial charge in [0, 0.05) is 32.7 Å². The Hall–Kier alpha value is -2.25. The highest BCUT2D eigenvalue weighted by Gasteiger charge is 2.18. The summed E-state index contributed by atoms with van der Waals surface area (Å²) in [6.07, 6.45) is 1.57. The van der Waals surface area contributed by atoms with E-state index in [0.717, 1.165) is 32.7 Å². The van der Waals surface area contributed by atoms with Crippen LogP contribution in [0.3, 0.4) is 0 Å². The van der Waals surface area contributed by atoms with Gasteiger partial charge in [0.2, 0.25) is 0 Å². The topological polar surface area (TPSA) is 63.5 Å². The van der Waals surface area contributed by atoms with Crippen molar-refractivity contribution >= 4 is 5.97 Å². The molecule has 0 saturated carbocycles. The summed E-state index contributed by atoms with van der Waals surface area (Å²) >= 11 is 0. The van der Waals surface area contributed by atoms with Crippen LogP contribution in [0.15, 0.2) is 30.6 Å². The summed E-state index contributed by atoms with van der Waals surface area (Å²) in [6, 6.07) is 8.67. The van der Waals surface area contributed by atoms with Gasteiger partial charge in [0.25, 0.3) is 5.82 Å². The predicted octanol–water partition coefficient (Wildman–Crippen LogP) is 1.15. The van der Waals surface area contributed by atoms with Crippen molar-refractivity contribution in [1.29, 1.82) is 0 Å². The second kappa shape index (κ2) is 7.55. The maximum absolute atomic E-state index is 11.4. The van der Waals surface area contributed by atoms with Crippen LogP contribution in [0, 0.1) is 6.92 Å². The number of ether oxygens (including phenoxy) is 1. The Kier molecular flexibility index (Phi) is 5.22. The number of methoxy groups -OCH3 is 1. The van der Waals surface area contributed by atoms with Gasteiger partial charge in [-0.2, -0.15) is 0 Å². The predicted molar refractivity (Wildman–Crippen MR) is 89.4 cm³/mol. The van der Waals surface area contributed by atoms with Crippen LogP contribution in [-0.4, -0.2) is 63.8 Å². The fourth-order valence-corrected chi connectivity index (χ4v) is 2.91. The van der Waals surface area contributed by atoms with Crippen molar-refractivity contribution in [1.82, 2.24) is 24.6 Å². The van der Waals surface area contributed by atoms with Gasteiger partial charge < -0.3 is 4.74 Å². The average Bonchev–Trinajstić information content (AvgIpc) is 3.04. The van der Waals surface area contributed by atoms with Crippen LogP contribution in [0.2, 0.25) is 0 Å². The minimum Gasteiger partial charge on any atom is -0.463 e. The molecule has 1 saturated heterocycles. The summed E-state index contributed by atoms with van der Waals surface area (Å²) in [5.74, 6) is -0.396. The summed E-state index contributed by atoms with van der Waals surface area (Å²) < 4.78 is 6.30. The highest BCUT2D eigenvalue weighted by molar-refractivity contribution is 5.84. The van der Waals surface area contributed by atoms with Gasteiger partial charge in [-0.1, -0.05) is 29.8 Å². The molecule has 7 heteroatoms. The van der Waals surface area contributed by atoms with Crippen LogP contribution >= 0.6 is 0 Å². The van der Waals surface area contributed by atoms with Crippen molar-refractivity contribution < 1.29 is 9.53 Å². The smallest absolute Gasteiger partial charge is 0.377 e. The van der Waals surface area contributed by atoms with Gasteiger partial charge >= 0.3 is 5.97 Å². The van der Waals surface area contributed by atoms with Gasteiger partial charge in [-0.25, -0.2) is 14.5 Å². The molecule has 24 heavy (non-hydrogen) atoms. The monoisotopic (exact) mass is 329 g/mol. The SMILES string of the molecule is COC(=O)c1ncn(CN2CCN(Cc3cccc(C)c3)CC2)n1. The summed E-state index contributed by atoms with van der Waals surface area (Å²) in [6.45, 7) is 7.74. The second-order valence-corrected chi connectivity index (χ2v) is 6.12. The molecule has 7 nitrogen and oxygen atoms in total. The van der Waals surface area contributed by atoms with Crippen LogP contribution in [0.1, 0.15) is 21.7 Å². The van der Waals surface area contributed by atoms with E-state index >= 15 is 0 Å². The molecule has 2 aromatic rings. The molecule has 1 aliphatic heterocycles. The quantitative estimate of drug-likeness (QED) is 0.767. The van der Waals surface area contributed by atoms with Crippen molar-refractivity contribution in [2.45, 2.75) is 20.1 Å². The highest BCUT2D eigenvalue weighted by atomic mass is 16.5. The third-order valence-corrected chi connectivity index (χ3v) is 4.20. The first kappa shape index (κ1) is 16.6. The number of piperazine rings is 1. The van der Waals surface area contributed by atoms with E-state index in [4.69, 9.17) is 0 Å². The molecule has 0 amide bonds. The molecule has 0 N–H and O–H groups in total. The van der Waals surface area contributed by atoms with E-state index in [2.05, 4.69) is 55.8 Å². The van der Waals surface area contributed by atoms with E-state index in [1.807, 2.05) is 0 Å². The minimum absolute atomic E-state index is 0.107. The third-order valence-electron chi connectivity index (χ3n) is 4.20. The molecule has 1 aromatic carbocycles. The van der Waals surface area contributed by atoms with E-state index in [1.54, 1.807) is 11.0 Å². The first-order valence-corrected chi connectivity index (χ1v) is 8.12. The normalized spacial score (nSPS) is 16.2. The van der Waals surface area contributed by atoms with Crippen molar-refractivity contribution in [2.24, 2.45) is 0 Å². The number of carbonyl (C=O) groups is 1. The largest absolute Gasteiger partial charge is 0.463 e. The lowest BCUT2D eigenvalue weighted by Gasteiger charge is -2.34. The van der Waals surface area contributed by atoms with Gasteiger partial charge in [0.05, 0.1) is 13.8 Å². The number of aromatic nitrogens is 3. The number of rotatable bonds is 5. The van der Waals surface area contributed by atoms with Crippen LogP contribution in [0.25, 0.3) is 0 Å². The number of benzene rings is 1. The zero-order valence-electron chi connectivity index (χ0n) is 14.2. The molecular weight excluding hydrogens is 306 g/mol. The molecule has 0 atom stereocenters. The molecule has 2 heterocycles. The first-order chi connectivity index (χ1) is 11.6. The number of esters is 1. The average molecular weight is 329 g/mol. The summed E-state index contributed by atoms with van der Waals surface area (Å²) in [5.41, 5.74) is 2.67. The third kappa shape index (κ3) is 4.18. The van der Waals surface area contributed by atoms with Gasteiger partial charge in [-0.3, -0.25) is 9.80 Å². The van der Waals surface area contributed by atoms with E-state index in [-0.39, 0.29) is 5.82 Å². The highest BCUT2D eigenvalue weighted by Crippen LogP contribution is 2.10. The lowest BCUT2D eigenvalue weighted by atomic mass is 10.1. The molecule has 128 valence electrons. The summed E-state index contributed by atoms with van der Waals surface area (Å²) in [7, 11) is 1.33. The zero-order chi connectivity index (χ0) is 16.9. The van der Waals surface area contributed by atoms with Crippen molar-refractivity contribution in [2.75, 3.05) is 33.3 Å². The summed E-state index contributed by atoms with van der Waals surface area (Å²) in [5, 5.41) is 4.15. The molecule has 3 rings (SSSR count). The lowest BCUT2D eigenvalue weighted by molar-refractivity contribution is 0.0584. The number of nitrogens with zero attached hydrogens (tertiary/aromatic N) is 5. The summed E-state index contributed by atoms with van der Waals surface area (Å²) in [4.78, 5) is 20.1. The van der Waals surface area contributed by atoms with Crippen LogP contribution < -0.4 is 0 Å². The number of carbonyl (C=O) groups excluding carboxylic acids is 1. The minimum atomic E-state index is -0.503. The van der Waals surface area contributed by atoms with Crippen LogP contribution in [0.5, 0.6) is 0 Å². The van der Waals surface area contributed by atoms with E-state index < -0.39 is 5.97 Å². The second-order valence-electron chi connectivity index (χ2n) is 6.12. The Balaban J connectivity index is 1.48. The van der Waals surface area contributed by atoms with E-state index in [0.29, 0.717) is 6.67 Å². The Morgan fingerprint density at radius 3 is 2.67 bits per heavy atom. The maximum atomic E-state index is 11.4. The van der Waals surface area contributed by atoms with E-state index in [9.17, 15) is 4.79 Å². The van der Waals surface area contributed by atoms with E-state index in [1.165, 1.54) is 18.2 Å². The zero-order valence-corrected chi connectivity index (χ0v) is 14.2. The first-order valence-electron chi connectivity index (χ1n) is 8.12. The fraction of sp³-hybridized carbons (Fsp3) is 0.471. The lowest BCUT2D eigenvalue weighted by Crippen LogP contribution is -2.46. The van der Waals surface area contributed by atoms with Crippen molar-refractivity contribution in [3.63, 3.8) is 0 Å². The Labute approximate surface area is 141 Å². The van der Waals surface area contributed by atoms with Crippen molar-refractivity contribution in [3.05, 3.63) is 47.5 Å². The van der Waals surface area contributed by atoms with Crippen molar-refractivity contribution in [3.8, 4) is 0 Å². The Morgan fingerprint density at radius 2 is 1.96 bits per heavy atom. The molecule has 0 aliphatic carbocycles. The molecule has 0 bridgehead atoms. The van der Waals surface area contributed by atoms with Crippen LogP contribution in [-0.2, 0) is 18.0 Å². The number of aryl methyl sites for hydroxylation is 1. The molecule has 1 fully saturated rings. The molecule has 0 radical (unpaired) electrons. The molecule has 0 spiro atoms. The number of hydrogen-bond donors (Lipinski definition) is 0. The maximum Gasteiger partial charge on any atom is 0.377 e. The number of hydrogen-bond acceptors (Lipinski definition) is 6. The van der Waals surface area contributed by atoms with Gasteiger partial charge in [-0.05, 0) is 12.5 Å². The fourth-order valence-electron chi connectivity index (χ4n) is 2.91. The van der Waals surface area contributed by atoms with Gasteiger partial charge in [-0.15, -0.1) is 5.10 Å². The molecule has 1 aliphatic rings. The Bertz CT molecular complexity index is 692. The molecule has 1 aromatic heterocycles. The molecule has 0 unspecified atom stereocenters. The molecular formula is C17H23N5O2. The van der Waals surface area contributed by atoms with Gasteiger partial charge in [0.1, 0.15) is 6.33 Å². The van der Waals surface area contributed by atoms with Gasteiger partial charge in [0.15, 0.2) is 0 Å². The standard InChI is InChI=1S/C17H23N5O2/c1-14-4-3-5-15(10-14)11-20-6-8-21(9-7-20)13-22-12-18-16(19-22)17(23)24-2/h3-5,10,12H,6-9,11,13H2,1-2H3. The van der Waals surface area contributed by atoms with Crippen LogP contribution in [0.4, 0.5) is 0 Å². The Morgan fingerprint density at radius 1 is 1.21 bits per heavy atom.